The van der Waals surface area contributed by atoms with Gasteiger partial charge in [0.2, 0.25) is 0 Å². The number of aryl methyl sites for hydroxylation is 3. The van der Waals surface area contributed by atoms with E-state index in [9.17, 15) is 9.59 Å². The summed E-state index contributed by atoms with van der Waals surface area (Å²) in [7, 11) is 0. The van der Waals surface area contributed by atoms with Crippen molar-refractivity contribution in [1.29, 1.82) is 0 Å². The number of benzene rings is 5. The van der Waals surface area contributed by atoms with Gasteiger partial charge in [-0.1, -0.05) is 77.9 Å². The van der Waals surface area contributed by atoms with Gasteiger partial charge in [-0.05, 0) is 50.6 Å². The first-order chi connectivity index (χ1) is 16.9. The molecule has 172 valence electrons. The fraction of sp³-hybridized carbons (Fsp3) is 0.0968. The second-order valence-corrected chi connectivity index (χ2v) is 8.71. The highest BCUT2D eigenvalue weighted by atomic mass is 16.5. The molecule has 0 aliphatic rings. The second kappa shape index (κ2) is 9.07. The zero-order chi connectivity index (χ0) is 24.5. The maximum absolute atomic E-state index is 13.1. The Morgan fingerprint density at radius 2 is 0.971 bits per heavy atom. The fourth-order valence-corrected chi connectivity index (χ4v) is 4.22. The van der Waals surface area contributed by atoms with Crippen LogP contribution in [0.25, 0.3) is 21.5 Å². The quantitative estimate of drug-likeness (QED) is 0.160. The molecule has 0 saturated carbocycles. The van der Waals surface area contributed by atoms with Crippen LogP contribution in [0.2, 0.25) is 0 Å². The van der Waals surface area contributed by atoms with E-state index in [2.05, 4.69) is 0 Å². The molecule has 0 heterocycles. The van der Waals surface area contributed by atoms with Gasteiger partial charge in [-0.2, -0.15) is 0 Å². The van der Waals surface area contributed by atoms with Crippen LogP contribution in [0, 0.1) is 20.8 Å². The van der Waals surface area contributed by atoms with Crippen molar-refractivity contribution < 1.29 is 19.1 Å². The fourth-order valence-electron chi connectivity index (χ4n) is 4.22. The van der Waals surface area contributed by atoms with Crippen molar-refractivity contribution in [2.45, 2.75) is 20.8 Å². The largest absolute Gasteiger partial charge is 0.422 e. The highest BCUT2D eigenvalue weighted by Crippen LogP contribution is 2.44. The third-order valence-electron chi connectivity index (χ3n) is 6.12. The smallest absolute Gasteiger partial charge is 0.343 e. The number of rotatable bonds is 4. The molecule has 0 radical (unpaired) electrons. The zero-order valence-electron chi connectivity index (χ0n) is 19.8. The Labute approximate surface area is 203 Å². The summed E-state index contributed by atoms with van der Waals surface area (Å²) in [6.07, 6.45) is 0. The number of fused-ring (bicyclic) bond motifs is 2. The molecular formula is C31H24O4. The van der Waals surface area contributed by atoms with Crippen molar-refractivity contribution in [2.75, 3.05) is 0 Å². The average Bonchev–Trinajstić information content (AvgIpc) is 2.86. The Morgan fingerprint density at radius 3 is 1.51 bits per heavy atom. The number of hydrogen-bond acceptors (Lipinski definition) is 4. The van der Waals surface area contributed by atoms with Crippen molar-refractivity contribution in [3.8, 4) is 11.5 Å². The van der Waals surface area contributed by atoms with Crippen molar-refractivity contribution in [2.24, 2.45) is 0 Å². The van der Waals surface area contributed by atoms with Crippen LogP contribution in [-0.2, 0) is 0 Å². The number of carbonyl (C=O) groups excluding carboxylic acids is 2. The topological polar surface area (TPSA) is 52.6 Å². The molecule has 0 unspecified atom stereocenters. The third kappa shape index (κ3) is 4.26. The van der Waals surface area contributed by atoms with E-state index in [4.69, 9.17) is 9.47 Å². The number of ether oxygens (including phenoxy) is 2. The van der Waals surface area contributed by atoms with Crippen molar-refractivity contribution >= 4 is 33.5 Å². The van der Waals surface area contributed by atoms with Crippen LogP contribution in [-0.4, -0.2) is 11.9 Å². The summed E-state index contributed by atoms with van der Waals surface area (Å²) in [5, 5.41) is 2.83. The van der Waals surface area contributed by atoms with Gasteiger partial charge in [-0.25, -0.2) is 9.59 Å². The van der Waals surface area contributed by atoms with Gasteiger partial charge in [-0.3, -0.25) is 0 Å². The van der Waals surface area contributed by atoms with Crippen LogP contribution < -0.4 is 9.47 Å². The summed E-state index contributed by atoms with van der Waals surface area (Å²) in [4.78, 5) is 26.2. The van der Waals surface area contributed by atoms with Gasteiger partial charge in [0.05, 0.1) is 11.1 Å². The van der Waals surface area contributed by atoms with E-state index < -0.39 is 11.9 Å². The first-order valence-electron chi connectivity index (χ1n) is 11.4. The standard InChI is InChI=1S/C31H24O4/c1-19-11-15-22(16-12-19)30(32)34-28-24-8-4-5-9-25(24)29(27-21(3)7-6-10-26(27)28)35-31(33)23-17-13-20(2)14-18-23/h4-18H,1-3H3. The summed E-state index contributed by atoms with van der Waals surface area (Å²) >= 11 is 0. The zero-order valence-corrected chi connectivity index (χ0v) is 19.8. The highest BCUT2D eigenvalue weighted by Gasteiger charge is 2.22. The molecule has 5 rings (SSSR count). The van der Waals surface area contributed by atoms with Gasteiger partial charge in [0.15, 0.2) is 0 Å². The molecule has 5 aromatic carbocycles. The predicted octanol–water partition coefficient (Wildman–Crippen LogP) is 7.36. The third-order valence-corrected chi connectivity index (χ3v) is 6.12. The molecule has 0 aromatic heterocycles. The van der Waals surface area contributed by atoms with Crippen LogP contribution in [0.15, 0.2) is 91.0 Å². The van der Waals surface area contributed by atoms with Gasteiger partial charge in [0.25, 0.3) is 0 Å². The van der Waals surface area contributed by atoms with Crippen molar-refractivity contribution in [1.82, 2.24) is 0 Å². The predicted molar refractivity (Wildman–Crippen MR) is 138 cm³/mol. The van der Waals surface area contributed by atoms with E-state index in [0.717, 1.165) is 22.1 Å². The number of hydrogen-bond donors (Lipinski definition) is 0. The van der Waals surface area contributed by atoms with E-state index in [1.807, 2.05) is 87.5 Å². The number of esters is 2. The minimum absolute atomic E-state index is 0.441. The number of carbonyl (C=O) groups is 2. The molecule has 0 saturated heterocycles. The summed E-state index contributed by atoms with van der Waals surface area (Å²) in [6, 6.07) is 27.8. The molecule has 0 atom stereocenters. The summed E-state index contributed by atoms with van der Waals surface area (Å²) in [6.45, 7) is 5.89. The maximum Gasteiger partial charge on any atom is 0.343 e. The maximum atomic E-state index is 13.1. The summed E-state index contributed by atoms with van der Waals surface area (Å²) in [5.41, 5.74) is 3.97. The lowest BCUT2D eigenvalue weighted by Crippen LogP contribution is -2.11. The molecule has 0 N–H and O–H groups in total. The minimum Gasteiger partial charge on any atom is -0.422 e. The molecule has 4 heteroatoms. The lowest BCUT2D eigenvalue weighted by molar-refractivity contribution is 0.0726. The normalized spacial score (nSPS) is 10.9. The highest BCUT2D eigenvalue weighted by molar-refractivity contribution is 6.14. The Morgan fingerprint density at radius 1 is 0.514 bits per heavy atom. The molecule has 35 heavy (non-hydrogen) atoms. The van der Waals surface area contributed by atoms with Crippen LogP contribution in [0.1, 0.15) is 37.4 Å². The molecular weight excluding hydrogens is 436 g/mol. The van der Waals surface area contributed by atoms with Crippen molar-refractivity contribution in [3.05, 3.63) is 119 Å². The van der Waals surface area contributed by atoms with Gasteiger partial charge in [0, 0.05) is 21.5 Å². The van der Waals surface area contributed by atoms with E-state index in [1.165, 1.54) is 0 Å². The SMILES string of the molecule is Cc1ccc(C(=O)Oc2c3ccccc3c(OC(=O)c3ccc(C)cc3)c3c(C)cccc23)cc1. The van der Waals surface area contributed by atoms with E-state index >= 15 is 0 Å². The second-order valence-electron chi connectivity index (χ2n) is 8.71. The molecule has 0 spiro atoms. The van der Waals surface area contributed by atoms with Crippen molar-refractivity contribution in [3.63, 3.8) is 0 Å². The van der Waals surface area contributed by atoms with Crippen LogP contribution >= 0.6 is 0 Å². The molecule has 4 nitrogen and oxygen atoms in total. The van der Waals surface area contributed by atoms with E-state index in [0.29, 0.717) is 38.8 Å². The van der Waals surface area contributed by atoms with Crippen LogP contribution in [0.3, 0.4) is 0 Å². The molecule has 0 aliphatic carbocycles. The lowest BCUT2D eigenvalue weighted by Gasteiger charge is -2.18. The Balaban J connectivity index is 1.68. The molecule has 0 bridgehead atoms. The molecule has 0 amide bonds. The van der Waals surface area contributed by atoms with E-state index in [-0.39, 0.29) is 0 Å². The Hall–Kier alpha value is -4.44. The van der Waals surface area contributed by atoms with Gasteiger partial charge in [0.1, 0.15) is 11.5 Å². The lowest BCUT2D eigenvalue weighted by atomic mass is 9.97. The monoisotopic (exact) mass is 460 g/mol. The summed E-state index contributed by atoms with van der Waals surface area (Å²) in [5.74, 6) is 0.0147. The Bertz CT molecular complexity index is 1580. The van der Waals surface area contributed by atoms with Gasteiger partial charge < -0.3 is 9.47 Å². The first kappa shape index (κ1) is 22.4. The molecule has 0 fully saturated rings. The molecule has 5 aromatic rings. The summed E-state index contributed by atoms with van der Waals surface area (Å²) < 4.78 is 12.0. The van der Waals surface area contributed by atoms with Crippen LogP contribution in [0.4, 0.5) is 0 Å². The van der Waals surface area contributed by atoms with Crippen LogP contribution in [0.5, 0.6) is 11.5 Å². The first-order valence-corrected chi connectivity index (χ1v) is 11.4. The Kier molecular flexibility index (Phi) is 5.79. The van der Waals surface area contributed by atoms with E-state index in [1.54, 1.807) is 24.3 Å². The van der Waals surface area contributed by atoms with Gasteiger partial charge >= 0.3 is 11.9 Å². The molecule has 0 aliphatic heterocycles. The minimum atomic E-state index is -0.442. The van der Waals surface area contributed by atoms with Gasteiger partial charge in [-0.15, -0.1) is 0 Å². The average molecular weight is 461 g/mol.